The van der Waals surface area contributed by atoms with Gasteiger partial charge in [-0.15, -0.1) is 0 Å². The number of benzene rings is 1. The Morgan fingerprint density at radius 1 is 1.26 bits per heavy atom. The van der Waals surface area contributed by atoms with E-state index in [4.69, 9.17) is 9.47 Å². The van der Waals surface area contributed by atoms with Gasteiger partial charge in [0.25, 0.3) is 0 Å². The molecule has 0 saturated carbocycles. The molecule has 0 N–H and O–H groups in total. The maximum Gasteiger partial charge on any atom is 0.147 e. The molecular weight excluding hydrogens is 240 g/mol. The van der Waals surface area contributed by atoms with Crippen LogP contribution >= 0.6 is 0 Å². The van der Waals surface area contributed by atoms with Crippen LogP contribution in [0.15, 0.2) is 30.5 Å². The van der Waals surface area contributed by atoms with Crippen LogP contribution in [0.4, 0.5) is 0 Å². The molecule has 4 nitrogen and oxygen atoms in total. The molecule has 4 heteroatoms. The average molecular weight is 260 g/mol. The van der Waals surface area contributed by atoms with E-state index in [0.29, 0.717) is 12.6 Å². The highest BCUT2D eigenvalue weighted by Crippen LogP contribution is 2.20. The second kappa shape index (κ2) is 5.78. The Hall–Kier alpha value is -1.97. The third-order valence-corrected chi connectivity index (χ3v) is 2.98. The number of imidazole rings is 1. The first kappa shape index (κ1) is 13.5. The topological polar surface area (TPSA) is 36.3 Å². The molecule has 0 radical (unpaired) electrons. The van der Waals surface area contributed by atoms with Gasteiger partial charge < -0.3 is 14.0 Å². The van der Waals surface area contributed by atoms with Crippen molar-refractivity contribution < 1.29 is 9.47 Å². The van der Waals surface area contributed by atoms with Gasteiger partial charge in [-0.3, -0.25) is 0 Å². The van der Waals surface area contributed by atoms with E-state index < -0.39 is 0 Å². The Bertz CT molecular complexity index is 547. The first-order chi connectivity index (χ1) is 9.11. The van der Waals surface area contributed by atoms with Gasteiger partial charge in [0, 0.05) is 24.0 Å². The normalized spacial score (nSPS) is 10.8. The largest absolute Gasteiger partial charge is 0.497 e. The summed E-state index contributed by atoms with van der Waals surface area (Å²) < 4.78 is 13.1. The monoisotopic (exact) mass is 260 g/mol. The van der Waals surface area contributed by atoms with E-state index in [9.17, 15) is 0 Å². The molecule has 2 aromatic rings. The van der Waals surface area contributed by atoms with E-state index in [1.807, 2.05) is 30.5 Å². The summed E-state index contributed by atoms with van der Waals surface area (Å²) in [5.74, 6) is 2.52. The molecule has 0 fully saturated rings. The zero-order valence-corrected chi connectivity index (χ0v) is 11.9. The summed E-state index contributed by atoms with van der Waals surface area (Å²) in [7, 11) is 1.65. The molecule has 0 saturated heterocycles. The third-order valence-electron chi connectivity index (χ3n) is 2.98. The van der Waals surface area contributed by atoms with Crippen LogP contribution in [0.5, 0.6) is 11.5 Å². The fraction of sp³-hybridized carbons (Fsp3) is 0.400. The van der Waals surface area contributed by atoms with Crippen LogP contribution in [0.1, 0.15) is 31.4 Å². The van der Waals surface area contributed by atoms with E-state index in [1.165, 1.54) is 0 Å². The average Bonchev–Trinajstić information content (AvgIpc) is 2.78. The SMILES string of the molecule is COc1cccc(OCc2ncc(C)n2C(C)C)c1. The zero-order valence-electron chi connectivity index (χ0n) is 11.9. The fourth-order valence-electron chi connectivity index (χ4n) is 2.15. The highest BCUT2D eigenvalue weighted by molar-refractivity contribution is 5.32. The molecule has 0 aliphatic carbocycles. The maximum absolute atomic E-state index is 5.78. The predicted octanol–water partition coefficient (Wildman–Crippen LogP) is 3.36. The van der Waals surface area contributed by atoms with E-state index >= 15 is 0 Å². The van der Waals surface area contributed by atoms with Gasteiger partial charge in [0.2, 0.25) is 0 Å². The van der Waals surface area contributed by atoms with Gasteiger partial charge in [-0.05, 0) is 32.9 Å². The molecule has 2 rings (SSSR count). The first-order valence-electron chi connectivity index (χ1n) is 6.41. The molecule has 0 unspecified atom stereocenters. The summed E-state index contributed by atoms with van der Waals surface area (Å²) in [6.45, 7) is 6.80. The number of aryl methyl sites for hydroxylation is 1. The second-order valence-electron chi connectivity index (χ2n) is 4.75. The van der Waals surface area contributed by atoms with Crippen molar-refractivity contribution in [3.63, 3.8) is 0 Å². The lowest BCUT2D eigenvalue weighted by molar-refractivity contribution is 0.284. The summed E-state index contributed by atoms with van der Waals surface area (Å²) in [6, 6.07) is 7.97. The van der Waals surface area contributed by atoms with Crippen molar-refractivity contribution in [3.8, 4) is 11.5 Å². The molecule has 0 bridgehead atoms. The van der Waals surface area contributed by atoms with Crippen LogP contribution in [0.3, 0.4) is 0 Å². The van der Waals surface area contributed by atoms with Crippen LogP contribution in [-0.4, -0.2) is 16.7 Å². The van der Waals surface area contributed by atoms with Crippen molar-refractivity contribution in [3.05, 3.63) is 42.0 Å². The number of nitrogens with zero attached hydrogens (tertiary/aromatic N) is 2. The summed E-state index contributed by atoms with van der Waals surface area (Å²) >= 11 is 0. The fourth-order valence-corrected chi connectivity index (χ4v) is 2.15. The van der Waals surface area contributed by atoms with Crippen LogP contribution in [0.25, 0.3) is 0 Å². The van der Waals surface area contributed by atoms with Gasteiger partial charge in [0.15, 0.2) is 0 Å². The van der Waals surface area contributed by atoms with Crippen LogP contribution < -0.4 is 9.47 Å². The molecule has 0 aliphatic heterocycles. The minimum absolute atomic E-state index is 0.381. The van der Waals surface area contributed by atoms with Gasteiger partial charge in [-0.1, -0.05) is 6.07 Å². The summed E-state index contributed by atoms with van der Waals surface area (Å²) in [4.78, 5) is 4.40. The van der Waals surface area contributed by atoms with Crippen molar-refractivity contribution >= 4 is 0 Å². The lowest BCUT2D eigenvalue weighted by Gasteiger charge is -2.14. The van der Waals surface area contributed by atoms with Crippen molar-refractivity contribution in [2.75, 3.05) is 7.11 Å². The summed E-state index contributed by atoms with van der Waals surface area (Å²) in [5.41, 5.74) is 1.15. The van der Waals surface area contributed by atoms with Crippen LogP contribution in [0.2, 0.25) is 0 Å². The minimum Gasteiger partial charge on any atom is -0.497 e. The molecule has 102 valence electrons. The molecule has 0 atom stereocenters. The molecule has 1 aromatic heterocycles. The molecule has 0 spiro atoms. The van der Waals surface area contributed by atoms with Gasteiger partial charge in [-0.2, -0.15) is 0 Å². The summed E-state index contributed by atoms with van der Waals surface area (Å²) in [5, 5.41) is 0. The summed E-state index contributed by atoms with van der Waals surface area (Å²) in [6.07, 6.45) is 1.88. The van der Waals surface area contributed by atoms with E-state index in [2.05, 4.69) is 30.3 Å². The molecule has 0 amide bonds. The van der Waals surface area contributed by atoms with Gasteiger partial charge in [0.1, 0.15) is 23.9 Å². The highest BCUT2D eigenvalue weighted by atomic mass is 16.5. The Morgan fingerprint density at radius 2 is 2.00 bits per heavy atom. The minimum atomic E-state index is 0.381. The molecule has 1 heterocycles. The third kappa shape index (κ3) is 3.08. The number of hydrogen-bond acceptors (Lipinski definition) is 3. The Kier molecular flexibility index (Phi) is 4.10. The van der Waals surface area contributed by atoms with E-state index in [1.54, 1.807) is 7.11 Å². The van der Waals surface area contributed by atoms with Gasteiger partial charge >= 0.3 is 0 Å². The first-order valence-corrected chi connectivity index (χ1v) is 6.41. The van der Waals surface area contributed by atoms with Gasteiger partial charge in [-0.25, -0.2) is 4.98 Å². The molecule has 19 heavy (non-hydrogen) atoms. The molecular formula is C15H20N2O2. The molecule has 0 aliphatic rings. The van der Waals surface area contributed by atoms with Crippen molar-refractivity contribution in [1.82, 2.24) is 9.55 Å². The van der Waals surface area contributed by atoms with Gasteiger partial charge in [0.05, 0.1) is 7.11 Å². The predicted molar refractivity (Wildman–Crippen MR) is 74.7 cm³/mol. The lowest BCUT2D eigenvalue weighted by Crippen LogP contribution is -2.10. The maximum atomic E-state index is 5.78. The van der Waals surface area contributed by atoms with Crippen molar-refractivity contribution in [2.45, 2.75) is 33.4 Å². The highest BCUT2D eigenvalue weighted by Gasteiger charge is 2.10. The Balaban J connectivity index is 2.10. The van der Waals surface area contributed by atoms with Crippen molar-refractivity contribution in [1.29, 1.82) is 0 Å². The number of ether oxygens (including phenoxy) is 2. The standard InChI is InChI=1S/C15H20N2O2/c1-11(2)17-12(3)9-16-15(17)10-19-14-7-5-6-13(8-14)18-4/h5-9,11H,10H2,1-4H3. The lowest BCUT2D eigenvalue weighted by atomic mass is 10.3. The van der Waals surface area contributed by atoms with Crippen molar-refractivity contribution in [2.24, 2.45) is 0 Å². The quantitative estimate of drug-likeness (QED) is 0.827. The Labute approximate surface area is 114 Å². The molecule has 1 aromatic carbocycles. The Morgan fingerprint density at radius 3 is 2.68 bits per heavy atom. The number of methoxy groups -OCH3 is 1. The number of hydrogen-bond donors (Lipinski definition) is 0. The van der Waals surface area contributed by atoms with Crippen LogP contribution in [-0.2, 0) is 6.61 Å². The van der Waals surface area contributed by atoms with E-state index in [0.717, 1.165) is 23.0 Å². The second-order valence-corrected chi connectivity index (χ2v) is 4.75. The smallest absolute Gasteiger partial charge is 0.147 e. The zero-order chi connectivity index (χ0) is 13.8. The number of rotatable bonds is 5. The number of aromatic nitrogens is 2. The van der Waals surface area contributed by atoms with E-state index in [-0.39, 0.29) is 0 Å². The van der Waals surface area contributed by atoms with Crippen LogP contribution in [0, 0.1) is 6.92 Å².